The topological polar surface area (TPSA) is 121 Å². The van der Waals surface area contributed by atoms with Crippen LogP contribution in [0.15, 0.2) is 48.5 Å². The van der Waals surface area contributed by atoms with Crippen molar-refractivity contribution in [2.75, 3.05) is 33.0 Å². The van der Waals surface area contributed by atoms with E-state index in [0.717, 1.165) is 25.9 Å². The molecule has 9 nitrogen and oxygen atoms in total. The average molecular weight is 557 g/mol. The molecule has 2 aliphatic heterocycles. The summed E-state index contributed by atoms with van der Waals surface area (Å²) in [5.41, 5.74) is 0.791. The standard InChI is InChI=1S/C24H25O7.C3H5O.Co.O/c25-22(18-10-4-3-5-11-18)28-14-8-1-2-9-15-29-23(26)20-12-6-7-13-21(20)24(27)31-17-19-16-30-19;1-3-2-4-3;;/h3-7,10,12-13,19H,1-2,8-9,14-17H2;3H,1-2H2;;/q2*-1;;. The van der Waals surface area contributed by atoms with Crippen LogP contribution in [0.4, 0.5) is 0 Å². The van der Waals surface area contributed by atoms with Crippen LogP contribution in [0, 0.1) is 13.0 Å². The Kier molecular flexibility index (Phi) is 14.3. The molecule has 4 rings (SSSR count). The van der Waals surface area contributed by atoms with Crippen LogP contribution in [-0.4, -0.2) is 63.2 Å². The number of esters is 3. The maximum atomic E-state index is 12.4. The predicted octanol–water partition coefficient (Wildman–Crippen LogP) is 3.71. The van der Waals surface area contributed by atoms with E-state index in [2.05, 4.69) is 33.4 Å². The number of rotatable bonds is 12. The second kappa shape index (κ2) is 17.5. The fourth-order valence-corrected chi connectivity index (χ4v) is 2.88. The molecule has 2 aromatic carbocycles. The maximum absolute atomic E-state index is 12.4. The van der Waals surface area contributed by atoms with Gasteiger partial charge in [0.15, 0.2) is 0 Å². The Bertz CT molecular complexity index is 975. The Hall–Kier alpha value is -2.92. The van der Waals surface area contributed by atoms with Crippen LogP contribution in [0.3, 0.4) is 0 Å². The molecule has 2 aromatic rings. The fraction of sp³-hybridized carbons (Fsp3) is 0.407. The van der Waals surface area contributed by atoms with Gasteiger partial charge in [-0.15, -0.1) is 30.3 Å². The van der Waals surface area contributed by atoms with Gasteiger partial charge < -0.3 is 35.4 Å². The predicted molar refractivity (Wildman–Crippen MR) is 127 cm³/mol. The van der Waals surface area contributed by atoms with Crippen LogP contribution in [0.5, 0.6) is 0 Å². The van der Waals surface area contributed by atoms with Crippen molar-refractivity contribution >= 4 is 17.9 Å². The first-order valence-corrected chi connectivity index (χ1v) is 12.2. The van der Waals surface area contributed by atoms with E-state index in [-0.39, 0.29) is 36.4 Å². The molecule has 0 N–H and O–H groups in total. The number of hydrogen-bond donors (Lipinski definition) is 0. The first-order chi connectivity index (χ1) is 18.0. The molecule has 2 unspecified atom stereocenters. The molecule has 0 saturated carbocycles. The Labute approximate surface area is 224 Å². The summed E-state index contributed by atoms with van der Waals surface area (Å²) in [5, 5.41) is 0. The number of carbonyl (C=O) groups is 3. The molecule has 37 heavy (non-hydrogen) atoms. The molecule has 0 bridgehead atoms. The Morgan fingerprint density at radius 1 is 0.811 bits per heavy atom. The van der Waals surface area contributed by atoms with Crippen molar-refractivity contribution < 1.29 is 57.6 Å². The summed E-state index contributed by atoms with van der Waals surface area (Å²) < 4.78 is 33.2. The van der Waals surface area contributed by atoms with Gasteiger partial charge in [-0.1, -0.05) is 17.7 Å². The zero-order chi connectivity index (χ0) is 26.9. The van der Waals surface area contributed by atoms with Crippen molar-refractivity contribution in [1.82, 2.24) is 0 Å². The molecular formula is C27H30CoO9-2. The van der Waals surface area contributed by atoms with Crippen molar-refractivity contribution in [3.8, 4) is 0 Å². The molecule has 2 saturated heterocycles. The number of carbonyl (C=O) groups excluding carboxylic acids is 3. The molecule has 2 fully saturated rings. The van der Waals surface area contributed by atoms with E-state index in [4.69, 9.17) is 22.8 Å². The number of unbranched alkanes of at least 4 members (excludes halogenated alkanes) is 3. The van der Waals surface area contributed by atoms with Gasteiger partial charge in [-0.05, 0) is 43.9 Å². The average Bonchev–Trinajstić information content (AvgIpc) is 3.88. The van der Waals surface area contributed by atoms with E-state index in [9.17, 15) is 14.4 Å². The molecule has 2 atom stereocenters. The van der Waals surface area contributed by atoms with Gasteiger partial charge in [0.1, 0.15) is 12.7 Å². The summed E-state index contributed by atoms with van der Waals surface area (Å²) in [6.45, 7) is 5.76. The van der Waals surface area contributed by atoms with Crippen LogP contribution < -0.4 is 0 Å². The van der Waals surface area contributed by atoms with Crippen molar-refractivity contribution in [2.45, 2.75) is 37.9 Å². The van der Waals surface area contributed by atoms with E-state index in [1.54, 1.807) is 48.5 Å². The molecule has 0 radical (unpaired) electrons. The van der Waals surface area contributed by atoms with Gasteiger partial charge in [-0.2, -0.15) is 0 Å². The van der Waals surface area contributed by atoms with Crippen molar-refractivity contribution in [1.29, 1.82) is 0 Å². The normalized spacial score (nSPS) is 16.6. The number of hydrogen-bond acceptors (Lipinski definition) is 9. The van der Waals surface area contributed by atoms with E-state index >= 15 is 0 Å². The van der Waals surface area contributed by atoms with Crippen LogP contribution >= 0.6 is 0 Å². The Morgan fingerprint density at radius 2 is 1.32 bits per heavy atom. The molecular weight excluding hydrogens is 527 g/mol. The zero-order valence-corrected chi connectivity index (χ0v) is 21.4. The molecule has 0 spiro atoms. The van der Waals surface area contributed by atoms with E-state index in [0.29, 0.717) is 31.3 Å². The van der Waals surface area contributed by atoms with Gasteiger partial charge in [0.05, 0.1) is 30.9 Å². The van der Waals surface area contributed by atoms with Gasteiger partial charge in [0.2, 0.25) is 5.97 Å². The number of benzene rings is 2. The minimum absolute atomic E-state index is 0.0387. The first kappa shape index (κ1) is 30.3. The summed E-state index contributed by atoms with van der Waals surface area (Å²) in [5.74, 6) is -1.50. The SMILES string of the molecule is O=C(OCCCCCCOC(=O)c1ccccc1C(=O)OCC1CO1)c1[c-]cccc1.[CH2-]C1CO1.[O]=[Co]. The number of ether oxygens (including phenoxy) is 5. The van der Waals surface area contributed by atoms with Gasteiger partial charge in [-0.25, -0.2) is 9.59 Å². The van der Waals surface area contributed by atoms with E-state index in [1.807, 2.05) is 0 Å². The minimum atomic E-state index is -0.564. The third-order valence-corrected chi connectivity index (χ3v) is 5.01. The monoisotopic (exact) mass is 557 g/mol. The molecule has 0 amide bonds. The summed E-state index contributed by atoms with van der Waals surface area (Å²) in [6.07, 6.45) is 3.37. The summed E-state index contributed by atoms with van der Waals surface area (Å²) >= 11 is 2.31. The molecule has 10 heteroatoms. The van der Waals surface area contributed by atoms with Gasteiger partial charge in [0, 0.05) is 6.61 Å². The quantitative estimate of drug-likeness (QED) is 0.126. The molecule has 203 valence electrons. The second-order valence-corrected chi connectivity index (χ2v) is 8.02. The Balaban J connectivity index is 0.000000716. The molecule has 0 aliphatic carbocycles. The van der Waals surface area contributed by atoms with Crippen molar-refractivity contribution in [3.63, 3.8) is 0 Å². The van der Waals surface area contributed by atoms with Crippen molar-refractivity contribution in [3.05, 3.63) is 78.2 Å². The third-order valence-electron chi connectivity index (χ3n) is 5.01. The second-order valence-electron chi connectivity index (χ2n) is 8.02. The van der Waals surface area contributed by atoms with Crippen LogP contribution in [0.1, 0.15) is 56.8 Å². The van der Waals surface area contributed by atoms with Gasteiger partial charge in [0.25, 0.3) is 0 Å². The molecule has 0 aromatic heterocycles. The van der Waals surface area contributed by atoms with Crippen LogP contribution in [0.25, 0.3) is 0 Å². The fourth-order valence-electron chi connectivity index (χ4n) is 2.88. The van der Waals surface area contributed by atoms with Crippen LogP contribution in [-0.2, 0) is 43.2 Å². The third kappa shape index (κ3) is 12.7. The van der Waals surface area contributed by atoms with Crippen LogP contribution in [0.2, 0.25) is 0 Å². The molecule has 2 heterocycles. The molecule has 2 aliphatic rings. The zero-order valence-electron chi connectivity index (χ0n) is 20.4. The van der Waals surface area contributed by atoms with Crippen molar-refractivity contribution in [2.24, 2.45) is 0 Å². The van der Waals surface area contributed by atoms with Gasteiger partial charge in [-0.3, -0.25) is 0 Å². The first-order valence-electron chi connectivity index (χ1n) is 11.8. The number of epoxide rings is 2. The Morgan fingerprint density at radius 3 is 1.81 bits per heavy atom. The summed E-state index contributed by atoms with van der Waals surface area (Å²) in [6, 6.07) is 16.1. The summed E-state index contributed by atoms with van der Waals surface area (Å²) in [7, 11) is 0. The summed E-state index contributed by atoms with van der Waals surface area (Å²) in [4.78, 5) is 36.3. The van der Waals surface area contributed by atoms with E-state index < -0.39 is 11.9 Å². The van der Waals surface area contributed by atoms with Gasteiger partial charge >= 0.3 is 31.5 Å². The van der Waals surface area contributed by atoms with E-state index in [1.165, 1.54) is 0 Å².